The molecule has 0 saturated heterocycles. The number of carbonyl (C=O) groups is 1. The van der Waals surface area contributed by atoms with Crippen molar-refractivity contribution in [2.75, 3.05) is 6.54 Å². The summed E-state index contributed by atoms with van der Waals surface area (Å²) in [5.41, 5.74) is 0.475. The Hall–Kier alpha value is -0.900. The van der Waals surface area contributed by atoms with Crippen LogP contribution in [0.15, 0.2) is 22.7 Å². The third-order valence-corrected chi connectivity index (χ3v) is 3.03. The van der Waals surface area contributed by atoms with Crippen LogP contribution in [0.3, 0.4) is 0 Å². The molecule has 0 aliphatic heterocycles. The van der Waals surface area contributed by atoms with E-state index in [9.17, 15) is 9.18 Å². The van der Waals surface area contributed by atoms with E-state index in [0.29, 0.717) is 22.5 Å². The SMILES string of the molecule is CC(C)CCCNC(=O)c1ccc(F)c(Br)c1. The van der Waals surface area contributed by atoms with Crippen molar-refractivity contribution in [3.8, 4) is 0 Å². The van der Waals surface area contributed by atoms with Gasteiger partial charge in [0.2, 0.25) is 0 Å². The van der Waals surface area contributed by atoms with Gasteiger partial charge in [-0.1, -0.05) is 13.8 Å². The fourth-order valence-corrected chi connectivity index (χ4v) is 1.83. The first-order valence-electron chi connectivity index (χ1n) is 5.74. The quantitative estimate of drug-likeness (QED) is 0.825. The average Bonchev–Trinajstić information content (AvgIpc) is 2.27. The Morgan fingerprint density at radius 1 is 1.47 bits per heavy atom. The van der Waals surface area contributed by atoms with Crippen LogP contribution in [0.4, 0.5) is 4.39 Å². The molecule has 0 aromatic heterocycles. The van der Waals surface area contributed by atoms with Gasteiger partial charge in [-0.15, -0.1) is 0 Å². The van der Waals surface area contributed by atoms with E-state index < -0.39 is 0 Å². The molecule has 0 unspecified atom stereocenters. The van der Waals surface area contributed by atoms with Crippen molar-refractivity contribution in [1.82, 2.24) is 5.32 Å². The van der Waals surface area contributed by atoms with Gasteiger partial charge in [0.15, 0.2) is 0 Å². The normalized spacial score (nSPS) is 10.6. The maximum absolute atomic E-state index is 13.0. The first-order chi connectivity index (χ1) is 8.00. The molecule has 0 saturated carbocycles. The fourth-order valence-electron chi connectivity index (χ4n) is 1.45. The second-order valence-electron chi connectivity index (χ2n) is 4.42. The van der Waals surface area contributed by atoms with Gasteiger partial charge in [0.25, 0.3) is 5.91 Å². The lowest BCUT2D eigenvalue weighted by Gasteiger charge is -2.07. The maximum Gasteiger partial charge on any atom is 0.251 e. The Kier molecular flexibility index (Phi) is 5.62. The zero-order valence-electron chi connectivity index (χ0n) is 10.1. The second kappa shape index (κ2) is 6.74. The minimum atomic E-state index is -0.360. The highest BCUT2D eigenvalue weighted by molar-refractivity contribution is 9.10. The van der Waals surface area contributed by atoms with E-state index in [1.54, 1.807) is 0 Å². The number of rotatable bonds is 5. The highest BCUT2D eigenvalue weighted by Crippen LogP contribution is 2.16. The Balaban J connectivity index is 2.44. The lowest BCUT2D eigenvalue weighted by molar-refractivity contribution is 0.0952. The van der Waals surface area contributed by atoms with Crippen LogP contribution in [0.5, 0.6) is 0 Å². The Bertz CT molecular complexity index is 393. The topological polar surface area (TPSA) is 29.1 Å². The van der Waals surface area contributed by atoms with Gasteiger partial charge in [-0.2, -0.15) is 0 Å². The van der Waals surface area contributed by atoms with Crippen molar-refractivity contribution in [2.45, 2.75) is 26.7 Å². The predicted molar refractivity (Wildman–Crippen MR) is 70.5 cm³/mol. The second-order valence-corrected chi connectivity index (χ2v) is 5.28. The van der Waals surface area contributed by atoms with Gasteiger partial charge < -0.3 is 5.32 Å². The molecule has 1 N–H and O–H groups in total. The Morgan fingerprint density at radius 2 is 2.18 bits per heavy atom. The number of amides is 1. The van der Waals surface area contributed by atoms with Crippen molar-refractivity contribution in [3.63, 3.8) is 0 Å². The summed E-state index contributed by atoms with van der Waals surface area (Å²) in [6.07, 6.45) is 2.05. The molecule has 0 atom stereocenters. The molecule has 0 fully saturated rings. The van der Waals surface area contributed by atoms with Crippen molar-refractivity contribution >= 4 is 21.8 Å². The molecular formula is C13H17BrFNO. The van der Waals surface area contributed by atoms with Gasteiger partial charge in [-0.25, -0.2) is 4.39 Å². The maximum atomic E-state index is 13.0. The summed E-state index contributed by atoms with van der Waals surface area (Å²) in [6.45, 7) is 4.96. The summed E-state index contributed by atoms with van der Waals surface area (Å²) in [6, 6.07) is 4.26. The molecule has 0 bridgehead atoms. The van der Waals surface area contributed by atoms with E-state index in [1.165, 1.54) is 18.2 Å². The van der Waals surface area contributed by atoms with Gasteiger partial charge in [-0.3, -0.25) is 4.79 Å². The van der Waals surface area contributed by atoms with E-state index in [2.05, 4.69) is 35.1 Å². The molecular weight excluding hydrogens is 285 g/mol. The third kappa shape index (κ3) is 4.86. The first kappa shape index (κ1) is 14.2. The van der Waals surface area contributed by atoms with Crippen LogP contribution < -0.4 is 5.32 Å². The van der Waals surface area contributed by atoms with Gasteiger partial charge in [-0.05, 0) is 52.9 Å². The smallest absolute Gasteiger partial charge is 0.251 e. The van der Waals surface area contributed by atoms with Crippen LogP contribution in [-0.2, 0) is 0 Å². The molecule has 0 radical (unpaired) electrons. The highest BCUT2D eigenvalue weighted by atomic mass is 79.9. The summed E-state index contributed by atoms with van der Waals surface area (Å²) in [4.78, 5) is 11.7. The zero-order chi connectivity index (χ0) is 12.8. The lowest BCUT2D eigenvalue weighted by atomic mass is 10.1. The Labute approximate surface area is 110 Å². The average molecular weight is 302 g/mol. The standard InChI is InChI=1S/C13H17BrFNO/c1-9(2)4-3-7-16-13(17)10-5-6-12(15)11(14)8-10/h5-6,8-9H,3-4,7H2,1-2H3,(H,16,17). The summed E-state index contributed by atoms with van der Waals surface area (Å²) in [5, 5.41) is 2.82. The van der Waals surface area contributed by atoms with Crippen LogP contribution in [-0.4, -0.2) is 12.5 Å². The van der Waals surface area contributed by atoms with Crippen molar-refractivity contribution < 1.29 is 9.18 Å². The molecule has 0 aliphatic rings. The predicted octanol–water partition coefficient (Wildman–Crippen LogP) is 3.75. The van der Waals surface area contributed by atoms with Crippen LogP contribution in [0.1, 0.15) is 37.0 Å². The largest absolute Gasteiger partial charge is 0.352 e. The number of hydrogen-bond acceptors (Lipinski definition) is 1. The van der Waals surface area contributed by atoms with Crippen LogP contribution in [0, 0.1) is 11.7 Å². The number of halogens is 2. The summed E-state index contributed by atoms with van der Waals surface area (Å²) in [5.74, 6) is 0.127. The van der Waals surface area contributed by atoms with Gasteiger partial charge >= 0.3 is 0 Å². The number of hydrogen-bond donors (Lipinski definition) is 1. The Morgan fingerprint density at radius 3 is 2.76 bits per heavy atom. The highest BCUT2D eigenvalue weighted by Gasteiger charge is 2.07. The third-order valence-electron chi connectivity index (χ3n) is 2.43. The monoisotopic (exact) mass is 301 g/mol. The fraction of sp³-hybridized carbons (Fsp3) is 0.462. The molecule has 0 aliphatic carbocycles. The van der Waals surface area contributed by atoms with E-state index in [-0.39, 0.29) is 11.7 Å². The summed E-state index contributed by atoms with van der Waals surface area (Å²) < 4.78 is 13.3. The number of benzene rings is 1. The van der Waals surface area contributed by atoms with Crippen LogP contribution >= 0.6 is 15.9 Å². The molecule has 4 heteroatoms. The zero-order valence-corrected chi connectivity index (χ0v) is 11.7. The van der Waals surface area contributed by atoms with Crippen molar-refractivity contribution in [1.29, 1.82) is 0 Å². The molecule has 94 valence electrons. The minimum absolute atomic E-state index is 0.158. The van der Waals surface area contributed by atoms with Crippen molar-refractivity contribution in [3.05, 3.63) is 34.1 Å². The van der Waals surface area contributed by atoms with Crippen molar-refractivity contribution in [2.24, 2.45) is 5.92 Å². The van der Waals surface area contributed by atoms with E-state index in [4.69, 9.17) is 0 Å². The molecule has 1 amide bonds. The van der Waals surface area contributed by atoms with Crippen LogP contribution in [0.2, 0.25) is 0 Å². The lowest BCUT2D eigenvalue weighted by Crippen LogP contribution is -2.24. The minimum Gasteiger partial charge on any atom is -0.352 e. The van der Waals surface area contributed by atoms with Crippen LogP contribution in [0.25, 0.3) is 0 Å². The molecule has 1 aromatic rings. The molecule has 1 aromatic carbocycles. The van der Waals surface area contributed by atoms with Gasteiger partial charge in [0.05, 0.1) is 4.47 Å². The van der Waals surface area contributed by atoms with E-state index >= 15 is 0 Å². The van der Waals surface area contributed by atoms with Gasteiger partial charge in [0, 0.05) is 12.1 Å². The molecule has 17 heavy (non-hydrogen) atoms. The summed E-state index contributed by atoms with van der Waals surface area (Å²) >= 11 is 3.06. The van der Waals surface area contributed by atoms with E-state index in [0.717, 1.165) is 12.8 Å². The molecule has 1 rings (SSSR count). The molecule has 2 nitrogen and oxygen atoms in total. The summed E-state index contributed by atoms with van der Waals surface area (Å²) in [7, 11) is 0. The molecule has 0 heterocycles. The van der Waals surface area contributed by atoms with Gasteiger partial charge in [0.1, 0.15) is 5.82 Å². The first-order valence-corrected chi connectivity index (χ1v) is 6.53. The number of carbonyl (C=O) groups excluding carboxylic acids is 1. The number of nitrogens with one attached hydrogen (secondary N) is 1. The molecule has 0 spiro atoms. The van der Waals surface area contributed by atoms with E-state index in [1.807, 2.05) is 0 Å².